The highest BCUT2D eigenvalue weighted by atomic mass is 79.9. The van der Waals surface area contributed by atoms with Crippen LogP contribution in [0.1, 0.15) is 11.1 Å². The van der Waals surface area contributed by atoms with Gasteiger partial charge >= 0.3 is 0 Å². The Morgan fingerprint density at radius 2 is 1.05 bits per heavy atom. The molecular weight excluding hydrogens is 618 g/mol. The Hall–Kier alpha value is 1.52. The Bertz CT molecular complexity index is 750. The summed E-state index contributed by atoms with van der Waals surface area (Å²) in [4.78, 5) is 0. The van der Waals surface area contributed by atoms with Crippen LogP contribution < -0.4 is 0 Å². The van der Waals surface area contributed by atoms with E-state index in [0.29, 0.717) is 21.5 Å². The maximum Gasteiger partial charge on any atom is 0.0800 e. The lowest BCUT2D eigenvalue weighted by Gasteiger charge is -2.13. The summed E-state index contributed by atoms with van der Waals surface area (Å²) in [5.74, 6) is 0. The molecule has 21 heavy (non-hydrogen) atoms. The highest BCUT2D eigenvalue weighted by Gasteiger charge is 2.33. The Morgan fingerprint density at radius 3 is 1.67 bits per heavy atom. The highest BCUT2D eigenvalue weighted by Crippen LogP contribution is 2.56. The molecule has 1 aliphatic carbocycles. The fourth-order valence-corrected chi connectivity index (χ4v) is 5.98. The van der Waals surface area contributed by atoms with Crippen LogP contribution in [0.3, 0.4) is 0 Å². The van der Waals surface area contributed by atoms with Gasteiger partial charge in [-0.15, -0.1) is 0 Å². The lowest BCUT2D eigenvalue weighted by molar-refractivity contribution is 1.23. The monoisotopic (exact) mass is 614 g/mol. The van der Waals surface area contributed by atoms with Crippen molar-refractivity contribution in [3.8, 4) is 11.1 Å². The van der Waals surface area contributed by atoms with E-state index in [9.17, 15) is 0 Å². The minimum absolute atomic E-state index is 0.275. The third-order valence-electron chi connectivity index (χ3n) is 3.33. The fourth-order valence-electron chi connectivity index (χ4n) is 2.38. The quantitative estimate of drug-likeness (QED) is 0.174. The SMILES string of the molecule is Clc1c(Cl)c(Cl)c2c(c1Cl)Cc1c(Br)c(Br)c(Br)c(Br)c1-2. The molecule has 0 saturated carbocycles. The number of halogens is 8. The Balaban J connectivity index is 2.49. The van der Waals surface area contributed by atoms with Crippen molar-refractivity contribution in [1.29, 1.82) is 0 Å². The summed E-state index contributed by atoms with van der Waals surface area (Å²) in [7, 11) is 0. The largest absolute Gasteiger partial charge is 0.0823 e. The van der Waals surface area contributed by atoms with Gasteiger partial charge in [-0.2, -0.15) is 0 Å². The second-order valence-electron chi connectivity index (χ2n) is 4.40. The van der Waals surface area contributed by atoms with Crippen LogP contribution in [-0.2, 0) is 6.42 Å². The van der Waals surface area contributed by atoms with E-state index in [1.165, 1.54) is 0 Å². The molecule has 0 unspecified atom stereocenters. The zero-order chi connectivity index (χ0) is 15.6. The molecular formula is C13H2Br4Cl4. The molecule has 0 nitrogen and oxygen atoms in total. The second-order valence-corrected chi connectivity index (χ2v) is 9.08. The van der Waals surface area contributed by atoms with Gasteiger partial charge in [0.05, 0.1) is 20.1 Å². The normalized spacial score (nSPS) is 12.6. The second kappa shape index (κ2) is 6.11. The van der Waals surface area contributed by atoms with Crippen molar-refractivity contribution in [3.63, 3.8) is 0 Å². The third kappa shape index (κ3) is 2.48. The molecule has 3 rings (SSSR count). The molecule has 0 radical (unpaired) electrons. The first-order valence-corrected chi connectivity index (χ1v) is 10.2. The minimum Gasteiger partial charge on any atom is -0.0823 e. The van der Waals surface area contributed by atoms with E-state index in [2.05, 4.69) is 63.7 Å². The topological polar surface area (TPSA) is 0 Å². The first-order chi connectivity index (χ1) is 9.77. The van der Waals surface area contributed by atoms with Gasteiger partial charge in [0.1, 0.15) is 0 Å². The van der Waals surface area contributed by atoms with Crippen LogP contribution >= 0.6 is 110 Å². The van der Waals surface area contributed by atoms with Gasteiger partial charge in [-0.25, -0.2) is 0 Å². The molecule has 0 N–H and O–H groups in total. The van der Waals surface area contributed by atoms with E-state index >= 15 is 0 Å². The molecule has 0 amide bonds. The molecule has 8 heteroatoms. The maximum atomic E-state index is 6.42. The predicted molar refractivity (Wildman–Crippen MR) is 106 cm³/mol. The summed E-state index contributed by atoms with van der Waals surface area (Å²) < 4.78 is 3.65. The summed E-state index contributed by atoms with van der Waals surface area (Å²) in [5, 5.41) is 1.43. The Kier molecular flexibility index (Phi) is 5.04. The predicted octanol–water partition coefficient (Wildman–Crippen LogP) is 8.92. The van der Waals surface area contributed by atoms with Crippen LogP contribution in [0, 0.1) is 0 Å². The van der Waals surface area contributed by atoms with E-state index in [-0.39, 0.29) is 5.02 Å². The van der Waals surface area contributed by atoms with Crippen molar-refractivity contribution in [2.45, 2.75) is 6.42 Å². The van der Waals surface area contributed by atoms with Crippen molar-refractivity contribution >= 4 is 110 Å². The number of hydrogen-bond acceptors (Lipinski definition) is 0. The third-order valence-corrected chi connectivity index (χ3v) is 10.0. The number of fused-ring (bicyclic) bond motifs is 3. The van der Waals surface area contributed by atoms with Crippen LogP contribution in [0.2, 0.25) is 20.1 Å². The van der Waals surface area contributed by atoms with E-state index in [0.717, 1.165) is 40.1 Å². The molecule has 2 aromatic rings. The van der Waals surface area contributed by atoms with E-state index in [1.807, 2.05) is 0 Å². The zero-order valence-corrected chi connectivity index (χ0v) is 19.1. The molecule has 0 bridgehead atoms. The first-order valence-electron chi connectivity index (χ1n) is 5.47. The standard InChI is InChI=1S/C13H2Br4Cl4/c14-6-2-1-3-5(4(2)7(15)9(17)8(6)16)11(19)13(21)12(20)10(3)18/h1H2. The van der Waals surface area contributed by atoms with Crippen molar-refractivity contribution in [2.24, 2.45) is 0 Å². The Morgan fingerprint density at radius 1 is 0.524 bits per heavy atom. The van der Waals surface area contributed by atoms with E-state index < -0.39 is 0 Å². The molecule has 0 aliphatic heterocycles. The average molecular weight is 620 g/mol. The van der Waals surface area contributed by atoms with Crippen molar-refractivity contribution in [2.75, 3.05) is 0 Å². The summed E-state index contributed by atoms with van der Waals surface area (Å²) in [6.45, 7) is 0. The van der Waals surface area contributed by atoms with Crippen LogP contribution in [0.25, 0.3) is 11.1 Å². The molecule has 0 atom stereocenters. The van der Waals surface area contributed by atoms with Gasteiger partial charge in [0.2, 0.25) is 0 Å². The summed E-state index contributed by atoms with van der Waals surface area (Å²) in [6.07, 6.45) is 0.630. The first kappa shape index (κ1) is 17.3. The highest BCUT2D eigenvalue weighted by molar-refractivity contribution is 9.15. The maximum absolute atomic E-state index is 6.42. The summed E-state index contributed by atoms with van der Waals surface area (Å²) in [6, 6.07) is 0. The Labute approximate surface area is 175 Å². The fraction of sp³-hybridized carbons (Fsp3) is 0.0769. The molecule has 110 valence electrons. The van der Waals surface area contributed by atoms with Crippen LogP contribution in [0.5, 0.6) is 0 Å². The lowest BCUT2D eigenvalue weighted by Crippen LogP contribution is -1.88. The minimum atomic E-state index is 0.275. The van der Waals surface area contributed by atoms with Gasteiger partial charge in [0.15, 0.2) is 0 Å². The van der Waals surface area contributed by atoms with Crippen molar-refractivity contribution < 1.29 is 0 Å². The average Bonchev–Trinajstić information content (AvgIpc) is 2.87. The summed E-state index contributed by atoms with van der Waals surface area (Å²) >= 11 is 39.5. The summed E-state index contributed by atoms with van der Waals surface area (Å²) in [5.41, 5.74) is 3.76. The number of benzene rings is 2. The molecule has 0 heterocycles. The van der Waals surface area contributed by atoms with Gasteiger partial charge in [-0.3, -0.25) is 0 Å². The molecule has 0 saturated heterocycles. The van der Waals surface area contributed by atoms with Gasteiger partial charge in [-0.05, 0) is 74.8 Å². The van der Waals surface area contributed by atoms with Crippen LogP contribution in [0.15, 0.2) is 17.9 Å². The van der Waals surface area contributed by atoms with Crippen molar-refractivity contribution in [1.82, 2.24) is 0 Å². The molecule has 2 aromatic carbocycles. The van der Waals surface area contributed by atoms with Crippen LogP contribution in [-0.4, -0.2) is 0 Å². The van der Waals surface area contributed by atoms with Crippen LogP contribution in [0.4, 0.5) is 0 Å². The zero-order valence-electron chi connectivity index (χ0n) is 9.73. The van der Waals surface area contributed by atoms with Gasteiger partial charge < -0.3 is 0 Å². The lowest BCUT2D eigenvalue weighted by atomic mass is 10.1. The smallest absolute Gasteiger partial charge is 0.0800 e. The molecule has 0 spiro atoms. The van der Waals surface area contributed by atoms with Gasteiger partial charge in [0.25, 0.3) is 0 Å². The molecule has 0 fully saturated rings. The molecule has 0 aromatic heterocycles. The number of rotatable bonds is 0. The van der Waals surface area contributed by atoms with Gasteiger partial charge in [0, 0.05) is 35.4 Å². The van der Waals surface area contributed by atoms with Gasteiger partial charge in [-0.1, -0.05) is 46.4 Å². The molecule has 1 aliphatic rings. The number of hydrogen-bond donors (Lipinski definition) is 0. The van der Waals surface area contributed by atoms with Crippen molar-refractivity contribution in [3.05, 3.63) is 49.1 Å². The van der Waals surface area contributed by atoms with E-state index in [1.54, 1.807) is 0 Å². The van der Waals surface area contributed by atoms with E-state index in [4.69, 9.17) is 46.4 Å².